The van der Waals surface area contributed by atoms with Crippen molar-refractivity contribution in [1.82, 2.24) is 0 Å². The largest absolute Gasteiger partial charge is 0.390 e. The number of hydrogen-bond acceptors (Lipinski definition) is 2. The van der Waals surface area contributed by atoms with Gasteiger partial charge in [0.2, 0.25) is 0 Å². The quantitative estimate of drug-likeness (QED) is 0.877. The van der Waals surface area contributed by atoms with Crippen LogP contribution >= 0.6 is 27.3 Å². The van der Waals surface area contributed by atoms with Crippen LogP contribution in [-0.2, 0) is 6.42 Å². The molecule has 3 heteroatoms. The summed E-state index contributed by atoms with van der Waals surface area (Å²) < 4.78 is 1.17. The van der Waals surface area contributed by atoms with Gasteiger partial charge in [-0.2, -0.15) is 0 Å². The zero-order chi connectivity index (χ0) is 11.9. The van der Waals surface area contributed by atoms with Crippen molar-refractivity contribution in [3.05, 3.63) is 20.8 Å². The molecule has 3 rings (SSSR count). The summed E-state index contributed by atoms with van der Waals surface area (Å²) in [6.45, 7) is 0. The fourth-order valence-corrected chi connectivity index (χ4v) is 4.91. The first kappa shape index (κ1) is 12.2. The van der Waals surface area contributed by atoms with Gasteiger partial charge in [0.1, 0.15) is 0 Å². The zero-order valence-electron chi connectivity index (χ0n) is 9.99. The molecule has 2 saturated carbocycles. The Morgan fingerprint density at radius 3 is 2.76 bits per heavy atom. The Labute approximate surface area is 115 Å². The smallest absolute Gasteiger partial charge is 0.0701 e. The van der Waals surface area contributed by atoms with E-state index in [1.807, 2.05) is 0 Å². The van der Waals surface area contributed by atoms with Gasteiger partial charge < -0.3 is 5.11 Å². The zero-order valence-corrected chi connectivity index (χ0v) is 12.4. The van der Waals surface area contributed by atoms with Gasteiger partial charge >= 0.3 is 0 Å². The van der Waals surface area contributed by atoms with Crippen molar-refractivity contribution in [3.63, 3.8) is 0 Å². The van der Waals surface area contributed by atoms with Gasteiger partial charge in [-0.05, 0) is 72.0 Å². The molecule has 0 aromatic carbocycles. The van der Waals surface area contributed by atoms with E-state index < -0.39 is 5.60 Å². The molecule has 1 aromatic heterocycles. The molecule has 1 N–H and O–H groups in total. The SMILES string of the molecule is OC1(Cc2ccc(Br)s2)CCCC(C2CC2)C1. The first-order valence-electron chi connectivity index (χ1n) is 6.61. The topological polar surface area (TPSA) is 20.2 Å². The number of rotatable bonds is 3. The minimum atomic E-state index is -0.421. The number of aliphatic hydroxyl groups is 1. The molecule has 0 bridgehead atoms. The maximum absolute atomic E-state index is 10.8. The van der Waals surface area contributed by atoms with Crippen LogP contribution in [-0.4, -0.2) is 10.7 Å². The summed E-state index contributed by atoms with van der Waals surface area (Å²) in [4.78, 5) is 1.32. The number of halogens is 1. The van der Waals surface area contributed by atoms with E-state index >= 15 is 0 Å². The van der Waals surface area contributed by atoms with E-state index in [-0.39, 0.29) is 0 Å². The van der Waals surface area contributed by atoms with Crippen molar-refractivity contribution in [2.75, 3.05) is 0 Å². The molecular weight excluding hydrogens is 296 g/mol. The summed E-state index contributed by atoms with van der Waals surface area (Å²) in [5, 5.41) is 10.8. The average molecular weight is 315 g/mol. The third-order valence-corrected chi connectivity index (χ3v) is 5.90. The van der Waals surface area contributed by atoms with Gasteiger partial charge in [0.25, 0.3) is 0 Å². The minimum absolute atomic E-state index is 0.421. The summed E-state index contributed by atoms with van der Waals surface area (Å²) in [5.74, 6) is 1.74. The second-order valence-corrected chi connectivity index (χ2v) is 8.35. The molecule has 94 valence electrons. The molecule has 2 atom stereocenters. The lowest BCUT2D eigenvalue weighted by Gasteiger charge is -2.37. The molecule has 2 aliphatic carbocycles. The highest BCUT2D eigenvalue weighted by atomic mass is 79.9. The van der Waals surface area contributed by atoms with E-state index in [0.29, 0.717) is 0 Å². The first-order valence-corrected chi connectivity index (χ1v) is 8.22. The summed E-state index contributed by atoms with van der Waals surface area (Å²) in [6, 6.07) is 4.23. The van der Waals surface area contributed by atoms with Crippen LogP contribution in [0.3, 0.4) is 0 Å². The van der Waals surface area contributed by atoms with E-state index in [1.54, 1.807) is 11.3 Å². The van der Waals surface area contributed by atoms with E-state index in [0.717, 1.165) is 31.1 Å². The van der Waals surface area contributed by atoms with Crippen LogP contribution in [0.1, 0.15) is 43.4 Å². The van der Waals surface area contributed by atoms with E-state index in [4.69, 9.17) is 0 Å². The van der Waals surface area contributed by atoms with Gasteiger partial charge in [0, 0.05) is 11.3 Å². The Morgan fingerprint density at radius 1 is 1.29 bits per heavy atom. The number of thiophene rings is 1. The highest BCUT2D eigenvalue weighted by Gasteiger charge is 2.41. The monoisotopic (exact) mass is 314 g/mol. The summed E-state index contributed by atoms with van der Waals surface area (Å²) in [6.07, 6.45) is 8.26. The van der Waals surface area contributed by atoms with Crippen molar-refractivity contribution < 1.29 is 5.11 Å². The van der Waals surface area contributed by atoms with E-state index in [2.05, 4.69) is 28.1 Å². The van der Waals surface area contributed by atoms with Crippen LogP contribution in [0.15, 0.2) is 15.9 Å². The molecule has 1 aromatic rings. The van der Waals surface area contributed by atoms with Crippen molar-refractivity contribution in [2.24, 2.45) is 11.8 Å². The molecule has 1 heterocycles. The van der Waals surface area contributed by atoms with Crippen molar-refractivity contribution in [1.29, 1.82) is 0 Å². The molecule has 1 nitrogen and oxygen atoms in total. The van der Waals surface area contributed by atoms with Crippen LogP contribution in [0.25, 0.3) is 0 Å². The highest BCUT2D eigenvalue weighted by molar-refractivity contribution is 9.11. The molecule has 2 fully saturated rings. The second-order valence-electron chi connectivity index (χ2n) is 5.80. The Hall–Kier alpha value is 0.140. The fraction of sp³-hybridized carbons (Fsp3) is 0.714. The third kappa shape index (κ3) is 2.94. The maximum Gasteiger partial charge on any atom is 0.0701 e. The summed E-state index contributed by atoms with van der Waals surface area (Å²) >= 11 is 5.26. The normalized spacial score (nSPS) is 33.9. The van der Waals surface area contributed by atoms with Crippen molar-refractivity contribution in [3.8, 4) is 0 Å². The molecule has 17 heavy (non-hydrogen) atoms. The fourth-order valence-electron chi connectivity index (χ4n) is 3.29. The predicted octanol–water partition coefficient (Wildman–Crippen LogP) is 4.38. The Morgan fingerprint density at radius 2 is 2.12 bits per heavy atom. The van der Waals surface area contributed by atoms with E-state index in [1.165, 1.54) is 34.3 Å². The lowest BCUT2D eigenvalue weighted by molar-refractivity contribution is -0.0189. The van der Waals surface area contributed by atoms with Crippen LogP contribution in [0.2, 0.25) is 0 Å². The second kappa shape index (κ2) is 4.67. The van der Waals surface area contributed by atoms with Crippen LogP contribution < -0.4 is 0 Å². The van der Waals surface area contributed by atoms with Gasteiger partial charge in [-0.15, -0.1) is 11.3 Å². The van der Waals surface area contributed by atoms with Crippen LogP contribution in [0.4, 0.5) is 0 Å². The lowest BCUT2D eigenvalue weighted by atomic mass is 9.74. The summed E-state index contributed by atoms with van der Waals surface area (Å²) in [7, 11) is 0. The first-order chi connectivity index (χ1) is 8.15. The molecule has 2 unspecified atom stereocenters. The Bertz CT molecular complexity index is 399. The minimum Gasteiger partial charge on any atom is -0.390 e. The molecule has 0 saturated heterocycles. The molecule has 0 aliphatic heterocycles. The van der Waals surface area contributed by atoms with Crippen molar-refractivity contribution in [2.45, 2.75) is 50.5 Å². The molecular formula is C14H19BrOS. The average Bonchev–Trinajstić information content (AvgIpc) is 3.04. The van der Waals surface area contributed by atoms with Gasteiger partial charge in [-0.3, -0.25) is 0 Å². The molecule has 0 radical (unpaired) electrons. The van der Waals surface area contributed by atoms with Gasteiger partial charge in [-0.1, -0.05) is 6.42 Å². The van der Waals surface area contributed by atoms with Crippen LogP contribution in [0, 0.1) is 11.8 Å². The van der Waals surface area contributed by atoms with Gasteiger partial charge in [0.05, 0.1) is 9.39 Å². The standard InChI is InChI=1S/C14H19BrOS/c15-13-6-5-12(17-13)9-14(16)7-1-2-11(8-14)10-3-4-10/h5-6,10-11,16H,1-4,7-9H2. The van der Waals surface area contributed by atoms with E-state index in [9.17, 15) is 5.11 Å². The van der Waals surface area contributed by atoms with Gasteiger partial charge in [-0.25, -0.2) is 0 Å². The highest BCUT2D eigenvalue weighted by Crippen LogP contribution is 2.47. The maximum atomic E-state index is 10.8. The number of hydrogen-bond donors (Lipinski definition) is 1. The third-order valence-electron chi connectivity index (χ3n) is 4.28. The molecule has 0 spiro atoms. The lowest BCUT2D eigenvalue weighted by Crippen LogP contribution is -2.37. The Kier molecular flexibility index (Phi) is 3.35. The predicted molar refractivity (Wildman–Crippen MR) is 75.4 cm³/mol. The Balaban J connectivity index is 1.67. The van der Waals surface area contributed by atoms with Crippen LogP contribution in [0.5, 0.6) is 0 Å². The molecule has 0 amide bonds. The molecule has 2 aliphatic rings. The van der Waals surface area contributed by atoms with Crippen molar-refractivity contribution >= 4 is 27.3 Å². The van der Waals surface area contributed by atoms with Gasteiger partial charge in [0.15, 0.2) is 0 Å². The summed E-state index contributed by atoms with van der Waals surface area (Å²) in [5.41, 5.74) is -0.421.